The molecule has 0 spiro atoms. The zero-order valence-electron chi connectivity index (χ0n) is 12.2. The van der Waals surface area contributed by atoms with E-state index in [0.29, 0.717) is 11.8 Å². The summed E-state index contributed by atoms with van der Waals surface area (Å²) in [6, 6.07) is 7.67. The molecule has 1 aromatic carbocycles. The lowest BCUT2D eigenvalue weighted by Crippen LogP contribution is -2.47. The van der Waals surface area contributed by atoms with Crippen LogP contribution in [0.2, 0.25) is 0 Å². The van der Waals surface area contributed by atoms with Crippen molar-refractivity contribution < 1.29 is 9.90 Å². The Morgan fingerprint density at radius 1 is 1.35 bits per heavy atom. The van der Waals surface area contributed by atoms with Gasteiger partial charge in [0.2, 0.25) is 0 Å². The Kier molecular flexibility index (Phi) is 4.84. The number of carbonyl (C=O) groups is 1. The maximum atomic E-state index is 11.6. The van der Waals surface area contributed by atoms with Crippen molar-refractivity contribution in [1.82, 2.24) is 15.1 Å². The van der Waals surface area contributed by atoms with Gasteiger partial charge in [0, 0.05) is 39.8 Å². The van der Waals surface area contributed by atoms with Crippen molar-refractivity contribution in [1.29, 1.82) is 0 Å². The lowest BCUT2D eigenvalue weighted by Gasteiger charge is -2.36. The molecular weight excluding hydrogens is 254 g/mol. The first-order valence-corrected chi connectivity index (χ1v) is 7.05. The molecule has 5 nitrogen and oxygen atoms in total. The van der Waals surface area contributed by atoms with E-state index in [1.807, 2.05) is 19.2 Å². The van der Waals surface area contributed by atoms with Gasteiger partial charge in [0.05, 0.1) is 0 Å². The molecule has 1 heterocycles. The quantitative estimate of drug-likeness (QED) is 0.883. The normalized spacial score (nSPS) is 16.9. The van der Waals surface area contributed by atoms with Gasteiger partial charge >= 0.3 is 6.03 Å². The highest BCUT2D eigenvalue weighted by molar-refractivity contribution is 5.73. The van der Waals surface area contributed by atoms with Crippen LogP contribution >= 0.6 is 0 Å². The van der Waals surface area contributed by atoms with E-state index < -0.39 is 0 Å². The van der Waals surface area contributed by atoms with Gasteiger partial charge in [0.1, 0.15) is 5.75 Å². The molecule has 1 aliphatic heterocycles. The van der Waals surface area contributed by atoms with Crippen LogP contribution in [0.4, 0.5) is 4.79 Å². The summed E-state index contributed by atoms with van der Waals surface area (Å²) in [4.78, 5) is 15.8. The van der Waals surface area contributed by atoms with Gasteiger partial charge in [-0.05, 0) is 30.5 Å². The Morgan fingerprint density at radius 3 is 2.50 bits per heavy atom. The third-order valence-corrected chi connectivity index (χ3v) is 3.98. The number of phenolic OH excluding ortho intramolecular Hbond substituents is 1. The topological polar surface area (TPSA) is 55.8 Å². The van der Waals surface area contributed by atoms with Crippen LogP contribution in [0.3, 0.4) is 0 Å². The van der Waals surface area contributed by atoms with E-state index in [1.54, 1.807) is 24.1 Å². The molecule has 1 aromatic rings. The van der Waals surface area contributed by atoms with Crippen LogP contribution in [-0.2, 0) is 6.54 Å². The summed E-state index contributed by atoms with van der Waals surface area (Å²) in [5, 5.41) is 11.9. The van der Waals surface area contributed by atoms with E-state index in [-0.39, 0.29) is 6.03 Å². The smallest absolute Gasteiger partial charge is 0.317 e. The highest BCUT2D eigenvalue weighted by atomic mass is 16.3. The van der Waals surface area contributed by atoms with Crippen molar-refractivity contribution in [3.63, 3.8) is 0 Å². The summed E-state index contributed by atoms with van der Waals surface area (Å²) in [5.41, 5.74) is 1.21. The van der Waals surface area contributed by atoms with Crippen molar-refractivity contribution >= 4 is 6.03 Å². The minimum atomic E-state index is -0.0121. The van der Waals surface area contributed by atoms with Crippen LogP contribution in [0.5, 0.6) is 5.75 Å². The second kappa shape index (κ2) is 6.61. The predicted molar refractivity (Wildman–Crippen MR) is 78.6 cm³/mol. The van der Waals surface area contributed by atoms with Crippen molar-refractivity contribution in [2.45, 2.75) is 25.4 Å². The number of nitrogens with one attached hydrogen (secondary N) is 1. The van der Waals surface area contributed by atoms with Crippen molar-refractivity contribution in [3.8, 4) is 5.75 Å². The first-order chi connectivity index (χ1) is 9.60. The zero-order chi connectivity index (χ0) is 14.5. The average Bonchev–Trinajstić information content (AvgIpc) is 2.49. The highest BCUT2D eigenvalue weighted by Crippen LogP contribution is 2.18. The Morgan fingerprint density at radius 2 is 1.95 bits per heavy atom. The number of hydrogen-bond donors (Lipinski definition) is 2. The van der Waals surface area contributed by atoms with Crippen LogP contribution in [0.15, 0.2) is 24.3 Å². The summed E-state index contributed by atoms with van der Waals surface area (Å²) in [7, 11) is 3.53. The average molecular weight is 277 g/mol. The monoisotopic (exact) mass is 277 g/mol. The summed E-state index contributed by atoms with van der Waals surface area (Å²) >= 11 is 0. The molecule has 0 atom stereocenters. The van der Waals surface area contributed by atoms with Crippen molar-refractivity contribution in [3.05, 3.63) is 29.8 Å². The number of carbonyl (C=O) groups excluding carboxylic acids is 1. The Balaban J connectivity index is 1.82. The number of nitrogens with zero attached hydrogens (tertiary/aromatic N) is 2. The van der Waals surface area contributed by atoms with Gasteiger partial charge in [0.25, 0.3) is 0 Å². The zero-order valence-corrected chi connectivity index (χ0v) is 12.2. The third kappa shape index (κ3) is 3.63. The largest absolute Gasteiger partial charge is 0.508 e. The van der Waals surface area contributed by atoms with E-state index in [0.717, 1.165) is 32.5 Å². The molecular formula is C15H23N3O2. The van der Waals surface area contributed by atoms with Gasteiger partial charge in [-0.3, -0.25) is 4.90 Å². The van der Waals surface area contributed by atoms with Gasteiger partial charge in [-0.1, -0.05) is 12.1 Å². The van der Waals surface area contributed by atoms with E-state index in [2.05, 4.69) is 10.2 Å². The van der Waals surface area contributed by atoms with E-state index in [9.17, 15) is 9.90 Å². The third-order valence-electron chi connectivity index (χ3n) is 3.98. The number of benzene rings is 1. The number of likely N-dealkylation sites (tertiary alicyclic amines) is 1. The minimum absolute atomic E-state index is 0.0121. The molecule has 0 aromatic heterocycles. The maximum Gasteiger partial charge on any atom is 0.317 e. The molecule has 1 aliphatic rings. The molecule has 0 aliphatic carbocycles. The number of hydrogen-bond acceptors (Lipinski definition) is 3. The first kappa shape index (κ1) is 14.7. The molecule has 1 saturated heterocycles. The molecule has 110 valence electrons. The lowest BCUT2D eigenvalue weighted by molar-refractivity contribution is 0.132. The Labute approximate surface area is 120 Å². The first-order valence-electron chi connectivity index (χ1n) is 7.05. The maximum absolute atomic E-state index is 11.6. The van der Waals surface area contributed by atoms with Crippen molar-refractivity contribution in [2.24, 2.45) is 0 Å². The molecule has 0 saturated carbocycles. The molecule has 2 N–H and O–H groups in total. The van der Waals surface area contributed by atoms with Gasteiger partial charge in [-0.25, -0.2) is 4.79 Å². The van der Waals surface area contributed by atoms with Gasteiger partial charge in [-0.2, -0.15) is 0 Å². The fourth-order valence-corrected chi connectivity index (χ4v) is 2.67. The summed E-state index contributed by atoms with van der Waals surface area (Å²) in [6.45, 7) is 2.89. The number of rotatable bonds is 3. The molecule has 2 amide bonds. The standard InChI is InChI=1S/C15H23N3O2/c1-16-15(20)17(2)13-7-9-18(10-8-13)11-12-3-5-14(19)6-4-12/h3-6,13,19H,7-11H2,1-2H3,(H,16,20). The lowest BCUT2D eigenvalue weighted by atomic mass is 10.0. The van der Waals surface area contributed by atoms with Crippen LogP contribution < -0.4 is 5.32 Å². The molecule has 20 heavy (non-hydrogen) atoms. The molecule has 0 bridgehead atoms. The van der Waals surface area contributed by atoms with Crippen LogP contribution in [0.25, 0.3) is 0 Å². The highest BCUT2D eigenvalue weighted by Gasteiger charge is 2.24. The number of aromatic hydroxyl groups is 1. The molecule has 0 unspecified atom stereocenters. The molecule has 5 heteroatoms. The molecule has 0 radical (unpaired) electrons. The van der Waals surface area contributed by atoms with Crippen molar-refractivity contribution in [2.75, 3.05) is 27.2 Å². The SMILES string of the molecule is CNC(=O)N(C)C1CCN(Cc2ccc(O)cc2)CC1. The van der Waals surface area contributed by atoms with E-state index >= 15 is 0 Å². The summed E-state index contributed by atoms with van der Waals surface area (Å²) in [5.74, 6) is 0.305. The Hall–Kier alpha value is -1.75. The predicted octanol–water partition coefficient (Wildman–Crippen LogP) is 1.63. The number of piperidine rings is 1. The minimum Gasteiger partial charge on any atom is -0.508 e. The second-order valence-corrected chi connectivity index (χ2v) is 5.34. The number of phenols is 1. The van der Waals surface area contributed by atoms with Crippen LogP contribution in [0.1, 0.15) is 18.4 Å². The summed E-state index contributed by atoms with van der Waals surface area (Å²) in [6.07, 6.45) is 2.00. The van der Waals surface area contributed by atoms with E-state index in [1.165, 1.54) is 5.56 Å². The van der Waals surface area contributed by atoms with Crippen LogP contribution in [-0.4, -0.2) is 54.2 Å². The number of urea groups is 1. The number of amides is 2. The van der Waals surface area contributed by atoms with Gasteiger partial charge in [-0.15, -0.1) is 0 Å². The van der Waals surface area contributed by atoms with E-state index in [4.69, 9.17) is 0 Å². The van der Waals surface area contributed by atoms with Crippen LogP contribution in [0, 0.1) is 0 Å². The fraction of sp³-hybridized carbons (Fsp3) is 0.533. The molecule has 1 fully saturated rings. The Bertz CT molecular complexity index is 439. The van der Waals surface area contributed by atoms with Gasteiger partial charge in [0.15, 0.2) is 0 Å². The van der Waals surface area contributed by atoms with Gasteiger partial charge < -0.3 is 15.3 Å². The second-order valence-electron chi connectivity index (χ2n) is 5.34. The summed E-state index contributed by atoms with van der Waals surface area (Å²) < 4.78 is 0. The fourth-order valence-electron chi connectivity index (χ4n) is 2.67. The molecule has 2 rings (SSSR count).